The average molecular weight is 391 g/mol. The molecule has 0 heterocycles. The molecule has 1 aromatic carbocycles. The number of rotatable bonds is 7. The standard InChI is InChI=1S/C29H42/c1-3-7-25-14-18-28(19-15-25)22-23-29-20-16-27(17-21-29)9-6-5-8-26-12-10-24(4-2)11-13-26/h6,9-13,25,27-29H,3-4,7,14-23H2,1-2H3/b9-6+. The molecule has 2 aliphatic rings. The molecule has 0 aromatic heterocycles. The minimum Gasteiger partial charge on any atom is -0.0730 e. The van der Waals surface area contributed by atoms with Crippen LogP contribution in [0.2, 0.25) is 0 Å². The van der Waals surface area contributed by atoms with Crippen LogP contribution in [0, 0.1) is 35.5 Å². The van der Waals surface area contributed by atoms with Crippen molar-refractivity contribution in [2.24, 2.45) is 23.7 Å². The van der Waals surface area contributed by atoms with Crippen LogP contribution < -0.4 is 0 Å². The number of allylic oxidation sites excluding steroid dienone is 2. The van der Waals surface area contributed by atoms with Gasteiger partial charge in [-0.15, -0.1) is 0 Å². The summed E-state index contributed by atoms with van der Waals surface area (Å²) in [6.07, 6.45) is 23.1. The molecular weight excluding hydrogens is 348 g/mol. The van der Waals surface area contributed by atoms with Gasteiger partial charge in [-0.25, -0.2) is 0 Å². The fourth-order valence-corrected chi connectivity index (χ4v) is 5.49. The largest absolute Gasteiger partial charge is 0.0730 e. The zero-order valence-corrected chi connectivity index (χ0v) is 19.0. The molecule has 0 spiro atoms. The van der Waals surface area contributed by atoms with Gasteiger partial charge in [-0.2, -0.15) is 0 Å². The van der Waals surface area contributed by atoms with Crippen LogP contribution in [0.25, 0.3) is 0 Å². The Labute approximate surface area is 180 Å². The molecule has 0 saturated heterocycles. The summed E-state index contributed by atoms with van der Waals surface area (Å²) >= 11 is 0. The van der Waals surface area contributed by atoms with Gasteiger partial charge in [0.15, 0.2) is 0 Å². The van der Waals surface area contributed by atoms with Gasteiger partial charge in [-0.3, -0.25) is 0 Å². The van der Waals surface area contributed by atoms with E-state index in [4.69, 9.17) is 0 Å². The monoisotopic (exact) mass is 390 g/mol. The quantitative estimate of drug-likeness (QED) is 0.410. The third-order valence-electron chi connectivity index (χ3n) is 7.57. The maximum absolute atomic E-state index is 3.28. The fraction of sp³-hybridized carbons (Fsp3) is 0.655. The van der Waals surface area contributed by atoms with Crippen LogP contribution in [-0.4, -0.2) is 0 Å². The molecule has 0 unspecified atom stereocenters. The highest BCUT2D eigenvalue weighted by atomic mass is 14.3. The molecule has 0 aliphatic heterocycles. The zero-order valence-electron chi connectivity index (χ0n) is 19.0. The molecule has 1 aromatic rings. The minimum absolute atomic E-state index is 0.757. The van der Waals surface area contributed by atoms with Crippen LogP contribution in [0.3, 0.4) is 0 Å². The summed E-state index contributed by atoms with van der Waals surface area (Å²) in [4.78, 5) is 0. The number of benzene rings is 1. The number of hydrogen-bond acceptors (Lipinski definition) is 0. The Morgan fingerprint density at radius 3 is 1.86 bits per heavy atom. The van der Waals surface area contributed by atoms with E-state index in [0.29, 0.717) is 0 Å². The van der Waals surface area contributed by atoms with Gasteiger partial charge in [-0.05, 0) is 79.5 Å². The first-order valence-corrected chi connectivity index (χ1v) is 12.5. The van der Waals surface area contributed by atoms with Crippen molar-refractivity contribution in [3.8, 4) is 11.8 Å². The van der Waals surface area contributed by atoms with Gasteiger partial charge in [0.2, 0.25) is 0 Å². The van der Waals surface area contributed by atoms with E-state index >= 15 is 0 Å². The van der Waals surface area contributed by atoms with E-state index < -0.39 is 0 Å². The Morgan fingerprint density at radius 1 is 0.759 bits per heavy atom. The predicted octanol–water partition coefficient (Wildman–Crippen LogP) is 8.35. The van der Waals surface area contributed by atoms with Crippen molar-refractivity contribution in [3.05, 3.63) is 47.5 Å². The summed E-state index contributed by atoms with van der Waals surface area (Å²) in [5, 5.41) is 0. The van der Waals surface area contributed by atoms with E-state index in [1.807, 2.05) is 0 Å². The summed E-state index contributed by atoms with van der Waals surface area (Å²) in [6, 6.07) is 8.65. The first-order valence-electron chi connectivity index (χ1n) is 12.5. The summed E-state index contributed by atoms with van der Waals surface area (Å²) in [5.41, 5.74) is 2.51. The Kier molecular flexibility index (Phi) is 9.40. The van der Waals surface area contributed by atoms with Crippen molar-refractivity contribution < 1.29 is 0 Å². The maximum atomic E-state index is 3.28. The Balaban J connectivity index is 1.31. The van der Waals surface area contributed by atoms with Gasteiger partial charge >= 0.3 is 0 Å². The molecule has 2 fully saturated rings. The molecule has 0 N–H and O–H groups in total. The van der Waals surface area contributed by atoms with Crippen LogP contribution in [0.4, 0.5) is 0 Å². The second-order valence-electron chi connectivity index (χ2n) is 9.71. The van der Waals surface area contributed by atoms with Gasteiger partial charge in [0, 0.05) is 5.56 Å². The number of hydrogen-bond donors (Lipinski definition) is 0. The Bertz CT molecular complexity index is 652. The molecule has 2 aliphatic carbocycles. The lowest BCUT2D eigenvalue weighted by atomic mass is 9.75. The lowest BCUT2D eigenvalue weighted by Crippen LogP contribution is -2.17. The van der Waals surface area contributed by atoms with E-state index in [1.54, 1.807) is 0 Å². The first kappa shape index (κ1) is 22.2. The van der Waals surface area contributed by atoms with Crippen LogP contribution in [0.1, 0.15) is 102 Å². The normalized spacial score (nSPS) is 27.5. The van der Waals surface area contributed by atoms with Crippen LogP contribution in [-0.2, 0) is 6.42 Å². The van der Waals surface area contributed by atoms with Gasteiger partial charge in [-0.1, -0.05) is 95.3 Å². The summed E-state index contributed by atoms with van der Waals surface area (Å²) in [6.45, 7) is 4.53. The van der Waals surface area contributed by atoms with Crippen molar-refractivity contribution in [1.29, 1.82) is 0 Å². The molecule has 0 atom stereocenters. The molecule has 0 nitrogen and oxygen atoms in total. The van der Waals surface area contributed by atoms with Crippen LogP contribution in [0.5, 0.6) is 0 Å². The predicted molar refractivity (Wildman–Crippen MR) is 127 cm³/mol. The average Bonchev–Trinajstić information content (AvgIpc) is 2.78. The molecule has 0 amide bonds. The lowest BCUT2D eigenvalue weighted by molar-refractivity contribution is 0.221. The third kappa shape index (κ3) is 7.70. The molecular formula is C29H42. The first-order chi connectivity index (χ1) is 14.3. The van der Waals surface area contributed by atoms with Gasteiger partial charge in [0.25, 0.3) is 0 Å². The van der Waals surface area contributed by atoms with Crippen molar-refractivity contribution in [2.75, 3.05) is 0 Å². The van der Waals surface area contributed by atoms with Crippen molar-refractivity contribution in [2.45, 2.75) is 97.3 Å². The summed E-state index contributed by atoms with van der Waals surface area (Å²) in [7, 11) is 0. The minimum atomic E-state index is 0.757. The van der Waals surface area contributed by atoms with Crippen molar-refractivity contribution in [3.63, 3.8) is 0 Å². The topological polar surface area (TPSA) is 0 Å². The van der Waals surface area contributed by atoms with Gasteiger partial charge in [0.05, 0.1) is 0 Å². The SMILES string of the molecule is CCCC1CCC(CCC2CCC(/C=C/C#Cc3ccc(CC)cc3)CC2)CC1. The fourth-order valence-electron chi connectivity index (χ4n) is 5.49. The van der Waals surface area contributed by atoms with Crippen LogP contribution in [0.15, 0.2) is 36.4 Å². The maximum Gasteiger partial charge on any atom is 0.0249 e. The highest BCUT2D eigenvalue weighted by Crippen LogP contribution is 2.37. The van der Waals surface area contributed by atoms with E-state index in [2.05, 4.69) is 62.1 Å². The van der Waals surface area contributed by atoms with Crippen LogP contribution >= 0.6 is 0 Å². The second-order valence-corrected chi connectivity index (χ2v) is 9.71. The van der Waals surface area contributed by atoms with Crippen molar-refractivity contribution >= 4 is 0 Å². The molecule has 0 heteroatoms. The molecule has 0 bridgehead atoms. The lowest BCUT2D eigenvalue weighted by Gasteiger charge is -2.31. The van der Waals surface area contributed by atoms with E-state index in [1.165, 1.54) is 82.6 Å². The van der Waals surface area contributed by atoms with E-state index in [-0.39, 0.29) is 0 Å². The smallest absolute Gasteiger partial charge is 0.0249 e. The molecule has 0 radical (unpaired) electrons. The third-order valence-corrected chi connectivity index (χ3v) is 7.57. The highest BCUT2D eigenvalue weighted by molar-refractivity contribution is 5.38. The summed E-state index contributed by atoms with van der Waals surface area (Å²) < 4.78 is 0. The van der Waals surface area contributed by atoms with E-state index in [0.717, 1.165) is 35.7 Å². The summed E-state index contributed by atoms with van der Waals surface area (Å²) in [5.74, 6) is 10.4. The molecule has 2 saturated carbocycles. The van der Waals surface area contributed by atoms with Crippen molar-refractivity contribution in [1.82, 2.24) is 0 Å². The van der Waals surface area contributed by atoms with E-state index in [9.17, 15) is 0 Å². The zero-order chi connectivity index (χ0) is 20.3. The van der Waals surface area contributed by atoms with Gasteiger partial charge in [0.1, 0.15) is 0 Å². The Morgan fingerprint density at radius 2 is 1.31 bits per heavy atom. The molecule has 29 heavy (non-hydrogen) atoms. The Hall–Kier alpha value is -1.48. The molecule has 158 valence electrons. The molecule has 3 rings (SSSR count). The number of aryl methyl sites for hydroxylation is 1. The van der Waals surface area contributed by atoms with Gasteiger partial charge < -0.3 is 0 Å². The second kappa shape index (κ2) is 12.3. The highest BCUT2D eigenvalue weighted by Gasteiger charge is 2.23.